The monoisotopic (exact) mass is 356 g/mol. The fourth-order valence-electron chi connectivity index (χ4n) is 2.47. The molecule has 0 heterocycles. The van der Waals surface area contributed by atoms with E-state index in [1.165, 1.54) is 12.7 Å². The van der Waals surface area contributed by atoms with E-state index in [1.54, 1.807) is 25.3 Å². The number of hydrogen-bond donors (Lipinski definition) is 2. The highest BCUT2D eigenvalue weighted by Gasteiger charge is 2.12. The van der Waals surface area contributed by atoms with Gasteiger partial charge in [0.05, 0.1) is 19.9 Å². The minimum Gasteiger partial charge on any atom is -0.497 e. The van der Waals surface area contributed by atoms with Crippen LogP contribution in [0.15, 0.2) is 48.5 Å². The molecule has 138 valence electrons. The fourth-order valence-corrected chi connectivity index (χ4v) is 2.47. The average Bonchev–Trinajstić information content (AvgIpc) is 2.66. The van der Waals surface area contributed by atoms with Gasteiger partial charge in [0.15, 0.2) is 0 Å². The molecule has 0 unspecified atom stereocenters. The first-order chi connectivity index (χ1) is 12.6. The number of ether oxygens (including phenoxy) is 2. The van der Waals surface area contributed by atoms with E-state index in [-0.39, 0.29) is 12.3 Å². The first-order valence-corrected chi connectivity index (χ1v) is 8.45. The zero-order chi connectivity index (χ0) is 18.8. The van der Waals surface area contributed by atoms with Crippen LogP contribution >= 0.6 is 0 Å². The van der Waals surface area contributed by atoms with Crippen molar-refractivity contribution in [1.29, 1.82) is 0 Å². The molecular formula is C20H24N2O4. The predicted octanol–water partition coefficient (Wildman–Crippen LogP) is 2.78. The zero-order valence-electron chi connectivity index (χ0n) is 15.1. The Morgan fingerprint density at radius 3 is 2.42 bits per heavy atom. The van der Waals surface area contributed by atoms with Gasteiger partial charge < -0.3 is 20.1 Å². The number of carbonyl (C=O) groups excluding carboxylic acids is 2. The van der Waals surface area contributed by atoms with Crippen molar-refractivity contribution in [1.82, 2.24) is 5.32 Å². The largest absolute Gasteiger partial charge is 0.497 e. The molecule has 0 aliphatic rings. The van der Waals surface area contributed by atoms with Crippen molar-refractivity contribution in [2.75, 3.05) is 26.1 Å². The van der Waals surface area contributed by atoms with Crippen LogP contribution < -0.4 is 20.1 Å². The van der Waals surface area contributed by atoms with Crippen molar-refractivity contribution in [3.63, 3.8) is 0 Å². The Morgan fingerprint density at radius 2 is 1.73 bits per heavy atom. The number of carbonyl (C=O) groups is 2. The molecule has 0 atom stereocenters. The highest BCUT2D eigenvalue weighted by atomic mass is 16.5. The Balaban J connectivity index is 1.74. The van der Waals surface area contributed by atoms with Crippen molar-refractivity contribution in [3.8, 4) is 11.5 Å². The van der Waals surface area contributed by atoms with E-state index >= 15 is 0 Å². The summed E-state index contributed by atoms with van der Waals surface area (Å²) in [6.45, 7) is 0.535. The summed E-state index contributed by atoms with van der Waals surface area (Å²) in [5, 5.41) is 5.45. The van der Waals surface area contributed by atoms with E-state index in [0.717, 1.165) is 12.8 Å². The predicted molar refractivity (Wildman–Crippen MR) is 101 cm³/mol. The second-order valence-corrected chi connectivity index (χ2v) is 5.73. The third-order valence-electron chi connectivity index (χ3n) is 3.81. The number of nitrogens with one attached hydrogen (secondary N) is 2. The molecule has 26 heavy (non-hydrogen) atoms. The van der Waals surface area contributed by atoms with E-state index in [4.69, 9.17) is 9.47 Å². The summed E-state index contributed by atoms with van der Waals surface area (Å²) in [6.07, 6.45) is 1.47. The van der Waals surface area contributed by atoms with E-state index < -0.39 is 5.91 Å². The molecule has 0 spiro atoms. The van der Waals surface area contributed by atoms with Crippen LogP contribution in [0, 0.1) is 0 Å². The minimum absolute atomic E-state index is 0.236. The van der Waals surface area contributed by atoms with Gasteiger partial charge in [-0.05, 0) is 30.5 Å². The summed E-state index contributed by atoms with van der Waals surface area (Å²) in [7, 11) is 3.05. The van der Waals surface area contributed by atoms with Crippen molar-refractivity contribution in [2.45, 2.75) is 19.3 Å². The lowest BCUT2D eigenvalue weighted by Crippen LogP contribution is -2.29. The summed E-state index contributed by atoms with van der Waals surface area (Å²) in [5.74, 6) is 0.397. The van der Waals surface area contributed by atoms with Gasteiger partial charge in [0.2, 0.25) is 11.8 Å². The maximum atomic E-state index is 12.0. The molecule has 0 fully saturated rings. The normalized spacial score (nSPS) is 10.1. The van der Waals surface area contributed by atoms with Gasteiger partial charge in [-0.1, -0.05) is 30.3 Å². The standard InChI is InChI=1S/C20H24N2O4/c1-25-16-10-11-17(18(13-16)26-2)22-20(24)14-19(23)21-12-6-9-15-7-4-3-5-8-15/h3-5,7-8,10-11,13H,6,9,12,14H2,1-2H3,(H,21,23)(H,22,24). The number of anilines is 1. The van der Waals surface area contributed by atoms with Crippen LogP contribution in [-0.2, 0) is 16.0 Å². The lowest BCUT2D eigenvalue weighted by atomic mass is 10.1. The lowest BCUT2D eigenvalue weighted by molar-refractivity contribution is -0.126. The molecule has 2 rings (SSSR count). The quantitative estimate of drug-likeness (QED) is 0.535. The van der Waals surface area contributed by atoms with Gasteiger partial charge in [-0.3, -0.25) is 9.59 Å². The second kappa shape index (κ2) is 10.1. The van der Waals surface area contributed by atoms with Gasteiger partial charge in [-0.15, -0.1) is 0 Å². The van der Waals surface area contributed by atoms with E-state index in [0.29, 0.717) is 23.7 Å². The highest BCUT2D eigenvalue weighted by molar-refractivity contribution is 6.04. The third kappa shape index (κ3) is 6.12. The molecule has 0 aromatic heterocycles. The third-order valence-corrected chi connectivity index (χ3v) is 3.81. The molecular weight excluding hydrogens is 332 g/mol. The molecule has 2 N–H and O–H groups in total. The summed E-state index contributed by atoms with van der Waals surface area (Å²) in [4.78, 5) is 23.9. The van der Waals surface area contributed by atoms with Crippen molar-refractivity contribution in [3.05, 3.63) is 54.1 Å². The first kappa shape index (κ1) is 19.3. The van der Waals surface area contributed by atoms with Gasteiger partial charge >= 0.3 is 0 Å². The molecule has 2 amide bonds. The van der Waals surface area contributed by atoms with E-state index in [2.05, 4.69) is 22.8 Å². The smallest absolute Gasteiger partial charge is 0.233 e. The zero-order valence-corrected chi connectivity index (χ0v) is 15.1. The molecule has 0 aliphatic heterocycles. The van der Waals surface area contributed by atoms with Gasteiger partial charge in [0.1, 0.15) is 17.9 Å². The molecule has 0 aliphatic carbocycles. The molecule has 0 saturated carbocycles. The van der Waals surface area contributed by atoms with Crippen LogP contribution in [0.1, 0.15) is 18.4 Å². The van der Waals surface area contributed by atoms with E-state index in [9.17, 15) is 9.59 Å². The molecule has 6 heteroatoms. The van der Waals surface area contributed by atoms with Crippen LogP contribution in [0.3, 0.4) is 0 Å². The molecule has 2 aromatic rings. The van der Waals surface area contributed by atoms with Gasteiger partial charge in [-0.2, -0.15) is 0 Å². The maximum Gasteiger partial charge on any atom is 0.233 e. The number of hydrogen-bond acceptors (Lipinski definition) is 4. The Hall–Kier alpha value is -3.02. The van der Waals surface area contributed by atoms with Crippen molar-refractivity contribution < 1.29 is 19.1 Å². The Morgan fingerprint density at radius 1 is 0.962 bits per heavy atom. The lowest BCUT2D eigenvalue weighted by Gasteiger charge is -2.11. The van der Waals surface area contributed by atoms with E-state index in [1.807, 2.05) is 18.2 Å². The maximum absolute atomic E-state index is 12.0. The number of methoxy groups -OCH3 is 2. The van der Waals surface area contributed by atoms with Crippen LogP contribution in [0.25, 0.3) is 0 Å². The summed E-state index contributed by atoms with van der Waals surface area (Å²) < 4.78 is 10.3. The van der Waals surface area contributed by atoms with Gasteiger partial charge in [-0.25, -0.2) is 0 Å². The van der Waals surface area contributed by atoms with Crippen LogP contribution in [0.5, 0.6) is 11.5 Å². The Kier molecular flexibility index (Phi) is 7.49. The summed E-state index contributed by atoms with van der Waals surface area (Å²) >= 11 is 0. The van der Waals surface area contributed by atoms with Gasteiger partial charge in [0, 0.05) is 12.6 Å². The highest BCUT2D eigenvalue weighted by Crippen LogP contribution is 2.29. The second-order valence-electron chi connectivity index (χ2n) is 5.73. The SMILES string of the molecule is COc1ccc(NC(=O)CC(=O)NCCCc2ccccc2)c(OC)c1. The fraction of sp³-hybridized carbons (Fsp3) is 0.300. The number of aryl methyl sites for hydroxylation is 1. The number of benzene rings is 2. The molecule has 0 saturated heterocycles. The number of amides is 2. The summed E-state index contributed by atoms with van der Waals surface area (Å²) in [5.41, 5.74) is 1.72. The number of rotatable bonds is 9. The first-order valence-electron chi connectivity index (χ1n) is 8.45. The van der Waals surface area contributed by atoms with Crippen LogP contribution in [0.2, 0.25) is 0 Å². The molecule has 0 bridgehead atoms. The molecule has 0 radical (unpaired) electrons. The van der Waals surface area contributed by atoms with Gasteiger partial charge in [0.25, 0.3) is 0 Å². The van der Waals surface area contributed by atoms with Crippen LogP contribution in [-0.4, -0.2) is 32.6 Å². The van der Waals surface area contributed by atoms with Crippen LogP contribution in [0.4, 0.5) is 5.69 Å². The minimum atomic E-state index is -0.394. The molecule has 6 nitrogen and oxygen atoms in total. The average molecular weight is 356 g/mol. The summed E-state index contributed by atoms with van der Waals surface area (Å²) in [6, 6.07) is 15.1. The van der Waals surface area contributed by atoms with Crippen molar-refractivity contribution >= 4 is 17.5 Å². The Bertz CT molecular complexity index is 732. The molecule has 2 aromatic carbocycles. The van der Waals surface area contributed by atoms with Crippen molar-refractivity contribution in [2.24, 2.45) is 0 Å². The Labute approximate surface area is 153 Å². The topological polar surface area (TPSA) is 76.7 Å².